The molecule has 32 heavy (non-hydrogen) atoms. The summed E-state index contributed by atoms with van der Waals surface area (Å²) in [5.74, 6) is -0.745. The molecule has 2 rings (SSSR count). The Morgan fingerprint density at radius 1 is 0.906 bits per heavy atom. The van der Waals surface area contributed by atoms with Crippen LogP contribution in [0.4, 0.5) is 19.3 Å². The third kappa shape index (κ3) is 8.60. The average molecular weight is 445 g/mol. The molecule has 5 heteroatoms. The van der Waals surface area contributed by atoms with Gasteiger partial charge in [-0.1, -0.05) is 83.6 Å². The van der Waals surface area contributed by atoms with Gasteiger partial charge in [0.2, 0.25) is 0 Å². The zero-order valence-corrected chi connectivity index (χ0v) is 19.8. The fraction of sp³-hybridized carbons (Fsp3) is 0.519. The molecule has 0 spiro atoms. The van der Waals surface area contributed by atoms with Gasteiger partial charge in [-0.3, -0.25) is 0 Å². The van der Waals surface area contributed by atoms with E-state index in [0.717, 1.165) is 49.8 Å². The van der Waals surface area contributed by atoms with Crippen molar-refractivity contribution in [1.82, 2.24) is 4.90 Å². The van der Waals surface area contributed by atoms with Crippen LogP contribution in [0.15, 0.2) is 42.5 Å². The Balaban J connectivity index is 2.05. The maximum absolute atomic E-state index is 14.0. The highest BCUT2D eigenvalue weighted by Gasteiger charge is 2.16. The summed E-state index contributed by atoms with van der Waals surface area (Å²) < 4.78 is 27.2. The Hall–Kier alpha value is -2.43. The molecular formula is C27H38F2N2O. The fourth-order valence-electron chi connectivity index (χ4n) is 3.86. The Kier molecular flexibility index (Phi) is 11.2. The van der Waals surface area contributed by atoms with E-state index in [-0.39, 0.29) is 11.7 Å². The van der Waals surface area contributed by atoms with E-state index in [1.54, 1.807) is 4.90 Å². The van der Waals surface area contributed by atoms with Crippen LogP contribution in [0.2, 0.25) is 0 Å². The van der Waals surface area contributed by atoms with Crippen LogP contribution < -0.4 is 5.32 Å². The zero-order valence-electron chi connectivity index (χ0n) is 19.8. The van der Waals surface area contributed by atoms with Crippen LogP contribution in [-0.4, -0.2) is 17.5 Å². The summed E-state index contributed by atoms with van der Waals surface area (Å²) in [5, 5.41) is 2.61. The van der Waals surface area contributed by atoms with Crippen molar-refractivity contribution in [2.75, 3.05) is 11.9 Å². The molecule has 0 saturated heterocycles. The van der Waals surface area contributed by atoms with Crippen molar-refractivity contribution in [3.8, 4) is 0 Å². The van der Waals surface area contributed by atoms with Gasteiger partial charge in [-0.15, -0.1) is 0 Å². The van der Waals surface area contributed by atoms with E-state index in [0.29, 0.717) is 19.0 Å². The molecule has 176 valence electrons. The minimum Gasteiger partial charge on any atom is -0.320 e. The van der Waals surface area contributed by atoms with Gasteiger partial charge in [0, 0.05) is 19.2 Å². The highest BCUT2D eigenvalue weighted by atomic mass is 19.1. The molecule has 0 heterocycles. The lowest BCUT2D eigenvalue weighted by molar-refractivity contribution is 0.207. The van der Waals surface area contributed by atoms with Crippen molar-refractivity contribution in [3.05, 3.63) is 65.2 Å². The first kappa shape index (κ1) is 25.8. The normalized spacial score (nSPS) is 11.1. The predicted molar refractivity (Wildman–Crippen MR) is 129 cm³/mol. The summed E-state index contributed by atoms with van der Waals surface area (Å²) in [6.45, 7) is 7.67. The second-order valence-electron chi connectivity index (χ2n) is 8.59. The van der Waals surface area contributed by atoms with Crippen LogP contribution in [0.3, 0.4) is 0 Å². The number of rotatable bonds is 13. The standard InChI is InChI=1S/C27H38F2N2O/c1-4-7-8-9-10-17-31(27(32)30-26-16-15-24(28)19-25(26)29)20-23-13-11-22(12-14-23)18-21(5-2)6-3/h11-16,19,21H,4-10,17-18,20H2,1-3H3,(H,30,32). The smallest absolute Gasteiger partial charge is 0.320 e. The summed E-state index contributed by atoms with van der Waals surface area (Å²) in [5.41, 5.74) is 2.35. The molecule has 0 aromatic heterocycles. The van der Waals surface area contributed by atoms with Gasteiger partial charge in [0.15, 0.2) is 0 Å². The predicted octanol–water partition coefficient (Wildman–Crippen LogP) is 7.95. The van der Waals surface area contributed by atoms with E-state index in [4.69, 9.17) is 0 Å². The van der Waals surface area contributed by atoms with E-state index in [2.05, 4.69) is 50.4 Å². The molecule has 0 bridgehead atoms. The number of anilines is 1. The molecule has 0 unspecified atom stereocenters. The highest BCUT2D eigenvalue weighted by molar-refractivity contribution is 5.89. The average Bonchev–Trinajstić information content (AvgIpc) is 2.79. The van der Waals surface area contributed by atoms with Gasteiger partial charge in [0.05, 0.1) is 5.69 Å². The first-order valence-electron chi connectivity index (χ1n) is 12.1. The molecule has 0 fully saturated rings. The molecule has 0 saturated carbocycles. The molecule has 2 aromatic rings. The summed E-state index contributed by atoms with van der Waals surface area (Å²) in [7, 11) is 0. The van der Waals surface area contributed by atoms with E-state index < -0.39 is 11.6 Å². The number of hydrogen-bond acceptors (Lipinski definition) is 1. The molecule has 0 aliphatic heterocycles. The van der Waals surface area contributed by atoms with Crippen molar-refractivity contribution in [2.45, 2.75) is 78.7 Å². The number of halogens is 2. The van der Waals surface area contributed by atoms with Gasteiger partial charge in [-0.2, -0.15) is 0 Å². The first-order chi connectivity index (χ1) is 15.5. The van der Waals surface area contributed by atoms with Crippen molar-refractivity contribution in [1.29, 1.82) is 0 Å². The molecule has 2 aromatic carbocycles. The number of urea groups is 1. The Bertz CT molecular complexity index is 819. The van der Waals surface area contributed by atoms with Crippen LogP contribution in [0, 0.1) is 17.6 Å². The summed E-state index contributed by atoms with van der Waals surface area (Å²) in [6, 6.07) is 11.3. The number of unbranched alkanes of at least 4 members (excludes halogenated alkanes) is 4. The lowest BCUT2D eigenvalue weighted by Gasteiger charge is -2.24. The molecule has 1 N–H and O–H groups in total. The number of carbonyl (C=O) groups is 1. The van der Waals surface area contributed by atoms with E-state index >= 15 is 0 Å². The maximum Gasteiger partial charge on any atom is 0.322 e. The quantitative estimate of drug-likeness (QED) is 0.312. The van der Waals surface area contributed by atoms with Gasteiger partial charge >= 0.3 is 6.03 Å². The summed E-state index contributed by atoms with van der Waals surface area (Å²) in [4.78, 5) is 14.6. The molecule has 0 aliphatic carbocycles. The van der Waals surface area contributed by atoms with E-state index in [9.17, 15) is 13.6 Å². The largest absolute Gasteiger partial charge is 0.322 e. The number of amides is 2. The lowest BCUT2D eigenvalue weighted by Crippen LogP contribution is -2.35. The van der Waals surface area contributed by atoms with Gasteiger partial charge in [0.25, 0.3) is 0 Å². The monoisotopic (exact) mass is 444 g/mol. The number of hydrogen-bond donors (Lipinski definition) is 1. The van der Waals surface area contributed by atoms with E-state index in [1.165, 1.54) is 30.9 Å². The second-order valence-corrected chi connectivity index (χ2v) is 8.59. The Morgan fingerprint density at radius 3 is 2.19 bits per heavy atom. The number of nitrogens with zero attached hydrogens (tertiary/aromatic N) is 1. The van der Waals surface area contributed by atoms with Gasteiger partial charge < -0.3 is 10.2 Å². The molecule has 0 aliphatic rings. The van der Waals surface area contributed by atoms with Crippen molar-refractivity contribution >= 4 is 11.7 Å². The number of nitrogens with one attached hydrogen (secondary N) is 1. The van der Waals surface area contributed by atoms with Crippen LogP contribution in [0.25, 0.3) is 0 Å². The zero-order chi connectivity index (χ0) is 23.3. The van der Waals surface area contributed by atoms with Gasteiger partial charge in [-0.25, -0.2) is 13.6 Å². The SMILES string of the molecule is CCCCCCCN(Cc1ccc(CC(CC)CC)cc1)C(=O)Nc1ccc(F)cc1F. The van der Waals surface area contributed by atoms with Crippen LogP contribution in [0.1, 0.15) is 76.8 Å². The van der Waals surface area contributed by atoms with Crippen molar-refractivity contribution in [2.24, 2.45) is 5.92 Å². The Morgan fingerprint density at radius 2 is 1.56 bits per heavy atom. The molecular weight excluding hydrogens is 406 g/mol. The van der Waals surface area contributed by atoms with Crippen LogP contribution >= 0.6 is 0 Å². The number of carbonyl (C=O) groups excluding carboxylic acids is 1. The van der Waals surface area contributed by atoms with Crippen molar-refractivity contribution in [3.63, 3.8) is 0 Å². The molecule has 2 amide bonds. The second kappa shape index (κ2) is 13.9. The summed E-state index contributed by atoms with van der Waals surface area (Å²) in [6.07, 6.45) is 8.85. The van der Waals surface area contributed by atoms with E-state index in [1.807, 2.05) is 0 Å². The Labute approximate surface area is 192 Å². The number of benzene rings is 2. The minimum absolute atomic E-state index is 0.00657. The highest BCUT2D eigenvalue weighted by Crippen LogP contribution is 2.19. The van der Waals surface area contributed by atoms with Crippen molar-refractivity contribution < 1.29 is 13.6 Å². The lowest BCUT2D eigenvalue weighted by atomic mass is 9.94. The third-order valence-corrected chi connectivity index (χ3v) is 6.07. The topological polar surface area (TPSA) is 32.3 Å². The fourth-order valence-corrected chi connectivity index (χ4v) is 3.86. The maximum atomic E-state index is 14.0. The first-order valence-corrected chi connectivity index (χ1v) is 12.1. The third-order valence-electron chi connectivity index (χ3n) is 6.07. The molecule has 3 nitrogen and oxygen atoms in total. The van der Waals surface area contributed by atoms with Gasteiger partial charge in [-0.05, 0) is 42.0 Å². The van der Waals surface area contributed by atoms with Gasteiger partial charge in [0.1, 0.15) is 11.6 Å². The molecule has 0 radical (unpaired) electrons. The molecule has 0 atom stereocenters. The van der Waals surface area contributed by atoms with Crippen LogP contribution in [0.5, 0.6) is 0 Å². The summed E-state index contributed by atoms with van der Waals surface area (Å²) >= 11 is 0. The van der Waals surface area contributed by atoms with Crippen LogP contribution in [-0.2, 0) is 13.0 Å². The minimum atomic E-state index is -0.771.